The number of phenols is 1. The van der Waals surface area contributed by atoms with Crippen LogP contribution in [0.2, 0.25) is 0 Å². The van der Waals surface area contributed by atoms with Gasteiger partial charge in [-0.05, 0) is 67.1 Å². The van der Waals surface area contributed by atoms with E-state index in [9.17, 15) is 15.3 Å². The van der Waals surface area contributed by atoms with Crippen LogP contribution in [0.4, 0.5) is 0 Å². The third-order valence-corrected chi connectivity index (χ3v) is 6.12. The molecule has 3 aromatic rings. The predicted octanol–water partition coefficient (Wildman–Crippen LogP) is 4.63. The molecule has 0 radical (unpaired) electrons. The van der Waals surface area contributed by atoms with Crippen molar-refractivity contribution >= 4 is 0 Å². The van der Waals surface area contributed by atoms with Crippen molar-refractivity contribution in [1.29, 1.82) is 0 Å². The molecule has 192 valence electrons. The number of aromatic amines is 1. The Morgan fingerprint density at radius 3 is 2.51 bits per heavy atom. The lowest BCUT2D eigenvalue weighted by molar-refractivity contribution is 0.103. The molecule has 3 atom stereocenters. The number of aryl methyl sites for hydroxylation is 3. The van der Waals surface area contributed by atoms with Crippen molar-refractivity contribution in [3.8, 4) is 11.5 Å². The first-order valence-corrected chi connectivity index (χ1v) is 12.6. The minimum Gasteiger partial charge on any atom is -0.504 e. The number of H-pyrrole nitrogens is 1. The van der Waals surface area contributed by atoms with E-state index < -0.39 is 6.10 Å². The number of rotatable bonds is 15. The molecule has 5 N–H and O–H groups in total. The van der Waals surface area contributed by atoms with Crippen molar-refractivity contribution in [2.75, 3.05) is 19.7 Å². The number of aliphatic hydroxyl groups excluding tert-OH is 2. The van der Waals surface area contributed by atoms with E-state index in [1.54, 1.807) is 13.0 Å². The number of benzene rings is 1. The number of hydrogen-bond donors (Lipinski definition) is 5. The highest BCUT2D eigenvalue weighted by atomic mass is 16.5. The first-order valence-electron chi connectivity index (χ1n) is 12.6. The van der Waals surface area contributed by atoms with Crippen LogP contribution in [-0.2, 0) is 19.3 Å². The fourth-order valence-corrected chi connectivity index (χ4v) is 3.93. The van der Waals surface area contributed by atoms with Gasteiger partial charge >= 0.3 is 0 Å². The number of aromatic hydroxyl groups is 1. The SMILES string of the molecule is CCCCc1ccc(CCc2ccc(O)c(OCC(O)c3cc(C(C)CNCC(C)O)c[nH]3)c2)o1. The normalized spacial score (nSPS) is 14.1. The molecule has 2 heterocycles. The fourth-order valence-electron chi connectivity index (χ4n) is 3.93. The van der Waals surface area contributed by atoms with Crippen LogP contribution in [0.1, 0.15) is 74.0 Å². The second-order valence-electron chi connectivity index (χ2n) is 9.40. The summed E-state index contributed by atoms with van der Waals surface area (Å²) in [7, 11) is 0. The Hall–Kier alpha value is -2.74. The van der Waals surface area contributed by atoms with Crippen LogP contribution < -0.4 is 10.1 Å². The molecule has 35 heavy (non-hydrogen) atoms. The zero-order chi connectivity index (χ0) is 25.2. The van der Waals surface area contributed by atoms with Gasteiger partial charge in [-0.15, -0.1) is 0 Å². The number of unbranched alkanes of at least 4 members (excludes halogenated alkanes) is 1. The van der Waals surface area contributed by atoms with Gasteiger partial charge in [-0.2, -0.15) is 0 Å². The smallest absolute Gasteiger partial charge is 0.161 e. The molecule has 0 aliphatic heterocycles. The first-order chi connectivity index (χ1) is 16.9. The fraction of sp³-hybridized carbons (Fsp3) is 0.500. The molecule has 3 unspecified atom stereocenters. The Morgan fingerprint density at radius 1 is 1.00 bits per heavy atom. The van der Waals surface area contributed by atoms with Gasteiger partial charge in [0.25, 0.3) is 0 Å². The quantitative estimate of drug-likeness (QED) is 0.215. The summed E-state index contributed by atoms with van der Waals surface area (Å²) in [5, 5.41) is 33.4. The number of furan rings is 1. The summed E-state index contributed by atoms with van der Waals surface area (Å²) < 4.78 is 11.7. The summed E-state index contributed by atoms with van der Waals surface area (Å²) in [5.41, 5.74) is 2.76. The number of ether oxygens (including phenoxy) is 1. The van der Waals surface area contributed by atoms with Crippen LogP contribution in [0, 0.1) is 0 Å². The van der Waals surface area contributed by atoms with Crippen LogP contribution in [0.15, 0.2) is 47.0 Å². The van der Waals surface area contributed by atoms with E-state index in [4.69, 9.17) is 9.15 Å². The number of aliphatic hydroxyl groups is 2. The highest BCUT2D eigenvalue weighted by molar-refractivity contribution is 5.42. The van der Waals surface area contributed by atoms with Crippen LogP contribution in [0.3, 0.4) is 0 Å². The maximum Gasteiger partial charge on any atom is 0.161 e. The summed E-state index contributed by atoms with van der Waals surface area (Å²) in [6, 6.07) is 11.3. The average molecular weight is 485 g/mol. The van der Waals surface area contributed by atoms with E-state index in [-0.39, 0.29) is 24.4 Å². The van der Waals surface area contributed by atoms with Gasteiger partial charge in [-0.3, -0.25) is 0 Å². The lowest BCUT2D eigenvalue weighted by Gasteiger charge is -2.14. The maximum absolute atomic E-state index is 10.6. The van der Waals surface area contributed by atoms with Gasteiger partial charge in [0, 0.05) is 37.8 Å². The number of phenolic OH excluding ortho intramolecular Hbond substituents is 1. The zero-order valence-corrected chi connectivity index (χ0v) is 21.1. The standard InChI is InChI=1S/C28H40N2O5/c1-4-5-6-23-10-11-24(35-23)9-7-21-8-12-26(32)28(13-21)34-18-27(33)25-14-22(17-30-25)19(2)15-29-16-20(3)31/h8,10-14,17,19-20,27,29-33H,4-7,9,15-16,18H2,1-3H3. The minimum atomic E-state index is -0.853. The van der Waals surface area contributed by atoms with Crippen LogP contribution in [0.25, 0.3) is 0 Å². The summed E-state index contributed by atoms with van der Waals surface area (Å²) in [6.07, 6.45) is 5.43. The van der Waals surface area contributed by atoms with Gasteiger partial charge < -0.3 is 34.8 Å². The molecule has 2 aromatic heterocycles. The molecule has 1 aromatic carbocycles. The largest absolute Gasteiger partial charge is 0.504 e. The van der Waals surface area contributed by atoms with Gasteiger partial charge in [0.2, 0.25) is 0 Å². The summed E-state index contributed by atoms with van der Waals surface area (Å²) >= 11 is 0. The Bertz CT molecular complexity index is 1030. The van der Waals surface area contributed by atoms with E-state index in [1.807, 2.05) is 30.5 Å². The van der Waals surface area contributed by atoms with Crippen molar-refractivity contribution in [2.45, 2.75) is 71.0 Å². The minimum absolute atomic E-state index is 0.0184. The monoisotopic (exact) mass is 484 g/mol. The molecular weight excluding hydrogens is 444 g/mol. The zero-order valence-electron chi connectivity index (χ0n) is 21.1. The Labute approximate surface area is 208 Å². The molecular formula is C28H40N2O5. The van der Waals surface area contributed by atoms with Gasteiger partial charge in [0.05, 0.1) is 6.10 Å². The summed E-state index contributed by atoms with van der Waals surface area (Å²) in [5.74, 6) is 2.62. The Morgan fingerprint density at radius 2 is 1.77 bits per heavy atom. The number of hydrogen-bond acceptors (Lipinski definition) is 6. The molecule has 0 saturated heterocycles. The molecule has 0 amide bonds. The van der Waals surface area contributed by atoms with Crippen molar-refractivity contribution in [2.24, 2.45) is 0 Å². The topological polar surface area (TPSA) is 111 Å². The van der Waals surface area contributed by atoms with Crippen molar-refractivity contribution in [3.05, 3.63) is 70.9 Å². The molecule has 7 heteroatoms. The van der Waals surface area contributed by atoms with E-state index in [0.717, 1.165) is 61.3 Å². The predicted molar refractivity (Wildman–Crippen MR) is 137 cm³/mol. The van der Waals surface area contributed by atoms with Crippen LogP contribution in [-0.4, -0.2) is 46.1 Å². The van der Waals surface area contributed by atoms with Gasteiger partial charge in [0.1, 0.15) is 24.2 Å². The molecule has 3 rings (SSSR count). The Kier molecular flexibility index (Phi) is 10.3. The molecule has 0 fully saturated rings. The second-order valence-corrected chi connectivity index (χ2v) is 9.40. The van der Waals surface area contributed by atoms with E-state index >= 15 is 0 Å². The van der Waals surface area contributed by atoms with Crippen molar-refractivity contribution in [1.82, 2.24) is 10.3 Å². The van der Waals surface area contributed by atoms with Gasteiger partial charge in [-0.25, -0.2) is 0 Å². The van der Waals surface area contributed by atoms with Crippen LogP contribution >= 0.6 is 0 Å². The number of nitrogens with one attached hydrogen (secondary N) is 2. The number of aromatic nitrogens is 1. The maximum atomic E-state index is 10.6. The molecule has 0 aliphatic carbocycles. The van der Waals surface area contributed by atoms with E-state index in [0.29, 0.717) is 18.0 Å². The lowest BCUT2D eigenvalue weighted by atomic mass is 10.0. The van der Waals surface area contributed by atoms with E-state index in [1.165, 1.54) is 0 Å². The lowest BCUT2D eigenvalue weighted by Crippen LogP contribution is -2.27. The highest BCUT2D eigenvalue weighted by Gasteiger charge is 2.15. The van der Waals surface area contributed by atoms with Gasteiger partial charge in [0.15, 0.2) is 11.5 Å². The second kappa shape index (κ2) is 13.4. The third-order valence-electron chi connectivity index (χ3n) is 6.12. The van der Waals surface area contributed by atoms with Crippen molar-refractivity contribution < 1.29 is 24.5 Å². The molecule has 0 saturated carbocycles. The highest BCUT2D eigenvalue weighted by Crippen LogP contribution is 2.29. The van der Waals surface area contributed by atoms with E-state index in [2.05, 4.69) is 30.2 Å². The molecule has 0 aliphatic rings. The summed E-state index contributed by atoms with van der Waals surface area (Å²) in [6.45, 7) is 7.30. The molecule has 0 spiro atoms. The molecule has 0 bridgehead atoms. The Balaban J connectivity index is 1.51. The third kappa shape index (κ3) is 8.46. The summed E-state index contributed by atoms with van der Waals surface area (Å²) in [4.78, 5) is 3.12. The first kappa shape index (κ1) is 26.9. The van der Waals surface area contributed by atoms with Gasteiger partial charge in [-0.1, -0.05) is 26.3 Å². The van der Waals surface area contributed by atoms with Crippen LogP contribution in [0.5, 0.6) is 11.5 Å². The average Bonchev–Trinajstić information content (AvgIpc) is 3.51. The van der Waals surface area contributed by atoms with Crippen molar-refractivity contribution in [3.63, 3.8) is 0 Å². The molecule has 7 nitrogen and oxygen atoms in total.